The molecule has 190 valence electrons. The summed E-state index contributed by atoms with van der Waals surface area (Å²) < 4.78 is 55.4. The normalized spacial score (nSPS) is 18.8. The highest BCUT2D eigenvalue weighted by molar-refractivity contribution is 7.90. The number of hydrogen-bond acceptors (Lipinski definition) is 8. The van der Waals surface area contributed by atoms with Gasteiger partial charge in [0.2, 0.25) is 15.0 Å². The van der Waals surface area contributed by atoms with Gasteiger partial charge in [0.1, 0.15) is 29.2 Å². The van der Waals surface area contributed by atoms with E-state index in [0.29, 0.717) is 19.4 Å². The van der Waals surface area contributed by atoms with Crippen LogP contribution in [-0.2, 0) is 14.6 Å². The number of carbonyl (C=O) groups excluding carboxylic acids is 1. The minimum Gasteiger partial charge on any atom is -0.507 e. The molecule has 0 saturated carbocycles. The van der Waals surface area contributed by atoms with Gasteiger partial charge in [-0.05, 0) is 38.1 Å². The molecule has 0 aliphatic carbocycles. The number of phenolic OH excluding ortho intramolecular Hbond substituents is 1. The Kier molecular flexibility index (Phi) is 6.89. The molecule has 2 heterocycles. The Balaban J connectivity index is 1.98. The van der Waals surface area contributed by atoms with E-state index < -0.39 is 43.5 Å². The van der Waals surface area contributed by atoms with Crippen molar-refractivity contribution in [3.63, 3.8) is 0 Å². The first-order valence-corrected chi connectivity index (χ1v) is 13.2. The van der Waals surface area contributed by atoms with Crippen LogP contribution in [0.2, 0.25) is 5.02 Å². The van der Waals surface area contributed by atoms with Crippen molar-refractivity contribution in [2.24, 2.45) is 0 Å². The Morgan fingerprint density at radius 1 is 1.14 bits per heavy atom. The Hall–Kier alpha value is -3.31. The molecule has 2 aromatic carbocycles. The summed E-state index contributed by atoms with van der Waals surface area (Å²) in [6.45, 7) is 4.64. The molecule has 1 aliphatic heterocycles. The average molecular weight is 537 g/mol. The number of piperazine rings is 1. The Morgan fingerprint density at radius 2 is 1.86 bits per heavy atom. The number of hydrogen-bond donors (Lipinski definition) is 1. The number of phenols is 1. The third-order valence-electron chi connectivity index (χ3n) is 6.08. The number of halogens is 3. The van der Waals surface area contributed by atoms with Gasteiger partial charge >= 0.3 is 0 Å². The predicted octanol–water partition coefficient (Wildman–Crippen LogP) is 3.95. The van der Waals surface area contributed by atoms with E-state index in [2.05, 4.69) is 9.97 Å². The molecule has 1 aliphatic rings. The van der Waals surface area contributed by atoms with E-state index in [1.165, 1.54) is 24.3 Å². The Labute approximate surface area is 211 Å². The Bertz CT molecular complexity index is 1480. The van der Waals surface area contributed by atoms with Crippen molar-refractivity contribution >= 4 is 44.4 Å². The van der Waals surface area contributed by atoms with E-state index in [0.717, 1.165) is 12.3 Å². The van der Waals surface area contributed by atoms with Gasteiger partial charge in [-0.15, -0.1) is 0 Å². The molecule has 0 radical (unpaired) electrons. The lowest BCUT2D eigenvalue weighted by Crippen LogP contribution is -2.55. The highest BCUT2D eigenvalue weighted by Crippen LogP contribution is 2.42. The van der Waals surface area contributed by atoms with Gasteiger partial charge in [0, 0.05) is 48.6 Å². The first-order chi connectivity index (χ1) is 16.9. The lowest BCUT2D eigenvalue weighted by Gasteiger charge is -2.44. The predicted molar refractivity (Wildman–Crippen MR) is 133 cm³/mol. The molecule has 4 rings (SSSR count). The second-order valence-corrected chi connectivity index (χ2v) is 11.0. The van der Waals surface area contributed by atoms with Gasteiger partial charge in [0.25, 0.3) is 0 Å². The number of anilines is 1. The number of aromatic nitrogens is 2. The van der Waals surface area contributed by atoms with Crippen LogP contribution in [0.3, 0.4) is 0 Å². The summed E-state index contributed by atoms with van der Waals surface area (Å²) in [5, 5.41) is 9.56. The quantitative estimate of drug-likeness (QED) is 0.297. The van der Waals surface area contributed by atoms with Crippen LogP contribution in [0, 0.1) is 11.6 Å². The highest BCUT2D eigenvalue weighted by Gasteiger charge is 2.32. The summed E-state index contributed by atoms with van der Waals surface area (Å²) in [6.07, 6.45) is 4.64. The fraction of sp³-hybridized carbons (Fsp3) is 0.292. The van der Waals surface area contributed by atoms with Crippen molar-refractivity contribution in [1.29, 1.82) is 0 Å². The molecule has 1 N–H and O–H groups in total. The number of benzene rings is 2. The van der Waals surface area contributed by atoms with Gasteiger partial charge < -0.3 is 14.9 Å². The van der Waals surface area contributed by atoms with Crippen molar-refractivity contribution in [1.82, 2.24) is 14.9 Å². The molecule has 1 fully saturated rings. The number of aldehydes is 1. The molecule has 0 bridgehead atoms. The largest absolute Gasteiger partial charge is 0.507 e. The van der Waals surface area contributed by atoms with Crippen molar-refractivity contribution < 1.29 is 27.1 Å². The molecule has 3 aromatic rings. The molecule has 1 saturated heterocycles. The third kappa shape index (κ3) is 4.60. The molecule has 0 unspecified atom stereocenters. The lowest BCUT2D eigenvalue weighted by atomic mass is 10.0. The zero-order valence-corrected chi connectivity index (χ0v) is 21.2. The fourth-order valence-electron chi connectivity index (χ4n) is 4.34. The molecular formula is C24H23ClF2N4O4S. The van der Waals surface area contributed by atoms with Gasteiger partial charge in [0.15, 0.2) is 5.82 Å². The topological polar surface area (TPSA) is 104 Å². The van der Waals surface area contributed by atoms with Gasteiger partial charge in [0.05, 0.1) is 10.6 Å². The summed E-state index contributed by atoms with van der Waals surface area (Å²) in [4.78, 5) is 22.8. The van der Waals surface area contributed by atoms with Crippen LogP contribution in [0.25, 0.3) is 22.0 Å². The fourth-order valence-corrected chi connectivity index (χ4v) is 5.13. The molecule has 8 nitrogen and oxygen atoms in total. The Morgan fingerprint density at radius 3 is 2.50 bits per heavy atom. The summed E-state index contributed by atoms with van der Waals surface area (Å²) in [5.74, 6) is -2.37. The molecule has 36 heavy (non-hydrogen) atoms. The summed E-state index contributed by atoms with van der Waals surface area (Å²) >= 11 is 6.41. The van der Waals surface area contributed by atoms with Crippen LogP contribution in [0.4, 0.5) is 14.6 Å². The van der Waals surface area contributed by atoms with E-state index in [1.807, 2.05) is 23.6 Å². The monoisotopic (exact) mass is 536 g/mol. The molecular weight excluding hydrogens is 514 g/mol. The van der Waals surface area contributed by atoms with E-state index in [9.17, 15) is 22.7 Å². The molecule has 0 spiro atoms. The number of rotatable bonds is 5. The third-order valence-corrected chi connectivity index (χ3v) is 7.22. The van der Waals surface area contributed by atoms with E-state index in [4.69, 9.17) is 11.6 Å². The van der Waals surface area contributed by atoms with E-state index in [1.54, 1.807) is 6.20 Å². The maximum atomic E-state index is 16.0. The minimum atomic E-state index is -3.96. The van der Waals surface area contributed by atoms with E-state index in [-0.39, 0.29) is 33.8 Å². The van der Waals surface area contributed by atoms with Crippen LogP contribution >= 0.6 is 11.6 Å². The number of allylic oxidation sites excluding steroid dienone is 1. The van der Waals surface area contributed by atoms with Crippen molar-refractivity contribution in [2.75, 3.05) is 24.2 Å². The average Bonchev–Trinajstić information content (AvgIpc) is 2.80. The van der Waals surface area contributed by atoms with E-state index >= 15 is 4.39 Å². The van der Waals surface area contributed by atoms with Crippen LogP contribution in [0.1, 0.15) is 13.8 Å². The van der Waals surface area contributed by atoms with Crippen molar-refractivity contribution in [3.8, 4) is 16.9 Å². The zero-order valence-electron chi connectivity index (χ0n) is 19.6. The summed E-state index contributed by atoms with van der Waals surface area (Å²) in [6, 6.07) is 4.52. The number of fused-ring (bicyclic) bond motifs is 1. The van der Waals surface area contributed by atoms with Crippen LogP contribution in [0.5, 0.6) is 5.75 Å². The van der Waals surface area contributed by atoms with Crippen molar-refractivity contribution in [2.45, 2.75) is 31.1 Å². The van der Waals surface area contributed by atoms with Gasteiger partial charge in [-0.1, -0.05) is 17.7 Å². The van der Waals surface area contributed by atoms with Crippen LogP contribution < -0.4 is 4.90 Å². The molecule has 1 aromatic heterocycles. The minimum absolute atomic E-state index is 0.0981. The summed E-state index contributed by atoms with van der Waals surface area (Å²) in [7, 11) is -3.96. The summed E-state index contributed by atoms with van der Waals surface area (Å²) in [5.41, 5.74) is -1.26. The number of carbonyl (C=O) groups is 1. The van der Waals surface area contributed by atoms with Gasteiger partial charge in [-0.2, -0.15) is 0 Å². The second kappa shape index (κ2) is 9.62. The first kappa shape index (κ1) is 25.8. The second-order valence-electron chi connectivity index (χ2n) is 8.70. The lowest BCUT2D eigenvalue weighted by molar-refractivity contribution is -0.104. The smallest absolute Gasteiger partial charge is 0.249 e. The van der Waals surface area contributed by atoms with Gasteiger partial charge in [-0.25, -0.2) is 27.2 Å². The molecule has 2 atom stereocenters. The SMILES string of the molecule is C[C@@H]1CN(c2nc(S(C)(=O)=O)nc3c(F)c(-c4c(O)cccc4F)c(Cl)cc23)[C@@H](C)CN1C=CC=O. The number of sulfone groups is 1. The molecule has 12 heteroatoms. The zero-order chi connectivity index (χ0) is 26.4. The van der Waals surface area contributed by atoms with Crippen LogP contribution in [0.15, 0.2) is 41.7 Å². The highest BCUT2D eigenvalue weighted by atomic mass is 35.5. The first-order valence-electron chi connectivity index (χ1n) is 11.0. The maximum absolute atomic E-state index is 16.0. The van der Waals surface area contributed by atoms with Crippen molar-refractivity contribution in [3.05, 3.63) is 53.2 Å². The maximum Gasteiger partial charge on any atom is 0.249 e. The standard InChI is InChI=1S/C24H23ClF2N4O4S/c1-13-12-31(14(2)11-30(13)8-5-9-32)23-15-10-16(25)19(20-17(26)6-4-7-18(20)33)21(27)22(15)28-24(29-23)36(3,34)35/h4-10,13-14,33H,11-12H2,1-3H3/t13-,14+/m1/s1. The number of nitrogens with zero attached hydrogens (tertiary/aromatic N) is 4. The number of aromatic hydroxyl groups is 1. The van der Waals surface area contributed by atoms with Gasteiger partial charge in [-0.3, -0.25) is 4.79 Å². The van der Waals surface area contributed by atoms with Crippen LogP contribution in [-0.4, -0.2) is 66.1 Å². The molecule has 0 amide bonds.